The maximum absolute atomic E-state index is 6.03. The Morgan fingerprint density at radius 3 is 2.11 bits per heavy atom. The number of rotatable bonds is 5. The van der Waals surface area contributed by atoms with Gasteiger partial charge in [-0.25, -0.2) is 0 Å². The van der Waals surface area contributed by atoms with Gasteiger partial charge in [0.05, 0.1) is 0 Å². The summed E-state index contributed by atoms with van der Waals surface area (Å²) in [6.45, 7) is 8.37. The highest BCUT2D eigenvalue weighted by Crippen LogP contribution is 2.32. The van der Waals surface area contributed by atoms with E-state index >= 15 is 0 Å². The average molecular weight is 266 g/mol. The van der Waals surface area contributed by atoms with E-state index in [4.69, 9.17) is 5.73 Å². The maximum atomic E-state index is 6.03. The average Bonchev–Trinajstić information content (AvgIpc) is 2.83. The second kappa shape index (κ2) is 7.08. The summed E-state index contributed by atoms with van der Waals surface area (Å²) in [7, 11) is 0. The fourth-order valence-electron chi connectivity index (χ4n) is 4.08. The lowest BCUT2D eigenvalue weighted by Gasteiger charge is -2.32. The van der Waals surface area contributed by atoms with Gasteiger partial charge >= 0.3 is 0 Å². The summed E-state index contributed by atoms with van der Waals surface area (Å²) in [5.74, 6) is 3.52. The van der Waals surface area contributed by atoms with Gasteiger partial charge in [0.1, 0.15) is 0 Å². The molecule has 2 nitrogen and oxygen atoms in total. The molecule has 3 N–H and O–H groups in total. The van der Waals surface area contributed by atoms with E-state index in [9.17, 15) is 0 Å². The fraction of sp³-hybridized carbons (Fsp3) is 1.00. The van der Waals surface area contributed by atoms with Crippen molar-refractivity contribution in [3.05, 3.63) is 0 Å². The van der Waals surface area contributed by atoms with E-state index < -0.39 is 0 Å². The van der Waals surface area contributed by atoms with E-state index in [0.29, 0.717) is 6.04 Å². The van der Waals surface area contributed by atoms with Gasteiger partial charge in [0.2, 0.25) is 0 Å². The van der Waals surface area contributed by atoms with Gasteiger partial charge in [0, 0.05) is 12.1 Å². The van der Waals surface area contributed by atoms with Gasteiger partial charge in [0.25, 0.3) is 0 Å². The van der Waals surface area contributed by atoms with Crippen LogP contribution < -0.4 is 11.1 Å². The summed E-state index contributed by atoms with van der Waals surface area (Å²) in [4.78, 5) is 0. The molecule has 2 aliphatic carbocycles. The molecule has 0 amide bonds. The van der Waals surface area contributed by atoms with Crippen molar-refractivity contribution in [1.82, 2.24) is 5.32 Å². The largest absolute Gasteiger partial charge is 0.328 e. The smallest absolute Gasteiger partial charge is 0.00673 e. The zero-order chi connectivity index (χ0) is 13.8. The molecule has 2 fully saturated rings. The molecule has 2 heteroatoms. The van der Waals surface area contributed by atoms with Crippen molar-refractivity contribution in [3.8, 4) is 0 Å². The molecule has 0 saturated heterocycles. The minimum Gasteiger partial charge on any atom is -0.328 e. The predicted octanol–water partition coefficient (Wildman–Crippen LogP) is 3.55. The summed E-state index contributed by atoms with van der Waals surface area (Å²) < 4.78 is 0. The van der Waals surface area contributed by atoms with E-state index in [1.165, 1.54) is 51.5 Å². The van der Waals surface area contributed by atoms with Crippen molar-refractivity contribution in [1.29, 1.82) is 0 Å². The number of hydrogen-bond acceptors (Lipinski definition) is 2. The van der Waals surface area contributed by atoms with Crippen LogP contribution in [0.5, 0.6) is 0 Å². The van der Waals surface area contributed by atoms with Gasteiger partial charge in [-0.1, -0.05) is 20.8 Å². The van der Waals surface area contributed by atoms with Gasteiger partial charge in [-0.05, 0) is 75.2 Å². The van der Waals surface area contributed by atoms with Crippen LogP contribution in [0, 0.1) is 23.7 Å². The lowest BCUT2D eigenvalue weighted by molar-refractivity contribution is 0.227. The highest BCUT2D eigenvalue weighted by Gasteiger charge is 2.28. The van der Waals surface area contributed by atoms with Crippen molar-refractivity contribution in [2.24, 2.45) is 29.4 Å². The minimum absolute atomic E-state index is 0.480. The van der Waals surface area contributed by atoms with Crippen molar-refractivity contribution in [2.75, 3.05) is 6.54 Å². The maximum Gasteiger partial charge on any atom is 0.00673 e. The van der Waals surface area contributed by atoms with Gasteiger partial charge in [-0.2, -0.15) is 0 Å². The third kappa shape index (κ3) is 4.46. The van der Waals surface area contributed by atoms with E-state index in [2.05, 4.69) is 26.1 Å². The van der Waals surface area contributed by atoms with Crippen molar-refractivity contribution >= 4 is 0 Å². The lowest BCUT2D eigenvalue weighted by atomic mass is 9.79. The summed E-state index contributed by atoms with van der Waals surface area (Å²) in [5, 5.41) is 3.83. The first kappa shape index (κ1) is 15.3. The van der Waals surface area contributed by atoms with Crippen molar-refractivity contribution < 1.29 is 0 Å². The Balaban J connectivity index is 1.63. The quantitative estimate of drug-likeness (QED) is 0.798. The fourth-order valence-corrected chi connectivity index (χ4v) is 4.08. The normalized spacial score (nSPS) is 37.7. The number of hydrogen-bond donors (Lipinski definition) is 2. The third-order valence-electron chi connectivity index (χ3n) is 5.76. The molecule has 0 aromatic rings. The summed E-state index contributed by atoms with van der Waals surface area (Å²) in [5.41, 5.74) is 6.03. The predicted molar refractivity (Wildman–Crippen MR) is 83.1 cm³/mol. The summed E-state index contributed by atoms with van der Waals surface area (Å²) in [6.07, 6.45) is 9.48. The standard InChI is InChI=1S/C17H34N2/c1-12(2)14-5-8-17(9-6-14)19-11-13(3)15-4-7-16(18)10-15/h12-17,19H,4-11,18H2,1-3H3. The zero-order valence-electron chi connectivity index (χ0n) is 13.2. The highest BCUT2D eigenvalue weighted by atomic mass is 14.9. The second-order valence-electron chi connectivity index (χ2n) is 7.57. The molecule has 0 bridgehead atoms. The number of nitrogens with one attached hydrogen (secondary N) is 1. The molecule has 0 aromatic carbocycles. The summed E-state index contributed by atoms with van der Waals surface area (Å²) in [6, 6.07) is 1.27. The van der Waals surface area contributed by atoms with Gasteiger partial charge in [-0.3, -0.25) is 0 Å². The first-order valence-electron chi connectivity index (χ1n) is 8.55. The van der Waals surface area contributed by atoms with E-state index in [0.717, 1.165) is 29.7 Å². The second-order valence-corrected chi connectivity index (χ2v) is 7.57. The SMILES string of the molecule is CC(C)C1CCC(NCC(C)C2CCC(N)C2)CC1. The Labute approximate surface area is 119 Å². The lowest BCUT2D eigenvalue weighted by Crippen LogP contribution is -2.37. The molecular formula is C17H34N2. The Hall–Kier alpha value is -0.0800. The van der Waals surface area contributed by atoms with Gasteiger partial charge in [0.15, 0.2) is 0 Å². The van der Waals surface area contributed by atoms with Crippen LogP contribution in [-0.2, 0) is 0 Å². The topological polar surface area (TPSA) is 38.0 Å². The molecule has 0 radical (unpaired) electrons. The third-order valence-corrected chi connectivity index (χ3v) is 5.76. The van der Waals surface area contributed by atoms with Gasteiger partial charge < -0.3 is 11.1 Å². The zero-order valence-corrected chi connectivity index (χ0v) is 13.2. The minimum atomic E-state index is 0.480. The van der Waals surface area contributed by atoms with Crippen LogP contribution in [-0.4, -0.2) is 18.6 Å². The Morgan fingerprint density at radius 1 is 0.947 bits per heavy atom. The molecule has 19 heavy (non-hydrogen) atoms. The van der Waals surface area contributed by atoms with Crippen molar-refractivity contribution in [2.45, 2.75) is 77.8 Å². The van der Waals surface area contributed by atoms with Crippen LogP contribution in [0.4, 0.5) is 0 Å². The van der Waals surface area contributed by atoms with Crippen LogP contribution in [0.1, 0.15) is 65.7 Å². The molecule has 2 rings (SSSR count). The monoisotopic (exact) mass is 266 g/mol. The molecule has 0 heterocycles. The first-order valence-corrected chi connectivity index (χ1v) is 8.55. The Bertz CT molecular complexity index is 256. The van der Waals surface area contributed by atoms with Crippen LogP contribution in [0.25, 0.3) is 0 Å². The van der Waals surface area contributed by atoms with Crippen LogP contribution >= 0.6 is 0 Å². The van der Waals surface area contributed by atoms with E-state index in [-0.39, 0.29) is 0 Å². The molecule has 2 aliphatic rings. The molecule has 0 spiro atoms. The molecular weight excluding hydrogens is 232 g/mol. The molecule has 3 atom stereocenters. The Morgan fingerprint density at radius 2 is 1.58 bits per heavy atom. The Kier molecular flexibility index (Phi) is 5.70. The number of nitrogens with two attached hydrogens (primary N) is 1. The highest BCUT2D eigenvalue weighted by molar-refractivity contribution is 4.84. The van der Waals surface area contributed by atoms with Gasteiger partial charge in [-0.15, -0.1) is 0 Å². The molecule has 112 valence electrons. The van der Waals surface area contributed by atoms with E-state index in [1.807, 2.05) is 0 Å². The van der Waals surface area contributed by atoms with Crippen LogP contribution in [0.3, 0.4) is 0 Å². The molecule has 2 saturated carbocycles. The molecule has 3 unspecified atom stereocenters. The molecule has 0 aromatic heterocycles. The van der Waals surface area contributed by atoms with Crippen LogP contribution in [0.2, 0.25) is 0 Å². The van der Waals surface area contributed by atoms with E-state index in [1.54, 1.807) is 0 Å². The van der Waals surface area contributed by atoms with Crippen molar-refractivity contribution in [3.63, 3.8) is 0 Å². The first-order chi connectivity index (χ1) is 9.06. The summed E-state index contributed by atoms with van der Waals surface area (Å²) >= 11 is 0. The van der Waals surface area contributed by atoms with Crippen LogP contribution in [0.15, 0.2) is 0 Å². The molecule has 0 aliphatic heterocycles.